The molecule has 5 heterocycles. The molecule has 1 aliphatic rings. The first-order chi connectivity index (χ1) is 17.5. The molecule has 0 spiro atoms. The summed E-state index contributed by atoms with van der Waals surface area (Å²) in [7, 11) is -5.46. The second-order valence-corrected chi connectivity index (χ2v) is 11.3. The highest BCUT2D eigenvalue weighted by molar-refractivity contribution is 7.89. The molecule has 17 heteroatoms. The van der Waals surface area contributed by atoms with Crippen LogP contribution in [-0.2, 0) is 36.1 Å². The maximum Gasteiger partial charge on any atom is 0.511 e. The molecular formula is C20H20F3N9O3S2. The lowest BCUT2D eigenvalue weighted by Gasteiger charge is -2.26. The van der Waals surface area contributed by atoms with E-state index in [9.17, 15) is 26.4 Å². The Kier molecular flexibility index (Phi) is 6.23. The number of nitrogens with zero attached hydrogens (tertiary/aromatic N) is 8. The molecule has 0 saturated carbocycles. The SMILES string of the molecule is CCc1nc2ncc(C)cn2c1C(=O)NCc1cnc(-c2nc3n(n2)CCN(S(=O)(=O)C(F)(F)F)C3)s1. The number of hydrogen-bond acceptors (Lipinski definition) is 9. The second-order valence-electron chi connectivity index (χ2n) is 8.24. The summed E-state index contributed by atoms with van der Waals surface area (Å²) >= 11 is 1.20. The number of sulfonamides is 1. The third-order valence-electron chi connectivity index (χ3n) is 5.66. The zero-order chi connectivity index (χ0) is 26.5. The van der Waals surface area contributed by atoms with Crippen molar-refractivity contribution in [3.05, 3.63) is 46.2 Å². The van der Waals surface area contributed by atoms with Gasteiger partial charge in [-0.05, 0) is 18.9 Å². The molecule has 0 aromatic carbocycles. The Morgan fingerprint density at radius 3 is 2.70 bits per heavy atom. The monoisotopic (exact) mass is 555 g/mol. The Labute approximate surface area is 212 Å². The molecule has 196 valence electrons. The Hall–Kier alpha value is -3.44. The van der Waals surface area contributed by atoms with Crippen molar-refractivity contribution < 1.29 is 26.4 Å². The van der Waals surface area contributed by atoms with Gasteiger partial charge < -0.3 is 5.32 Å². The van der Waals surface area contributed by atoms with Crippen LogP contribution in [0.5, 0.6) is 0 Å². The average molecular weight is 556 g/mol. The molecule has 4 aromatic rings. The van der Waals surface area contributed by atoms with Gasteiger partial charge >= 0.3 is 15.5 Å². The Balaban J connectivity index is 1.30. The number of aryl methyl sites for hydroxylation is 2. The first-order valence-electron chi connectivity index (χ1n) is 11.0. The van der Waals surface area contributed by atoms with Crippen LogP contribution >= 0.6 is 11.3 Å². The molecule has 4 aromatic heterocycles. The molecule has 37 heavy (non-hydrogen) atoms. The van der Waals surface area contributed by atoms with Crippen LogP contribution in [0.3, 0.4) is 0 Å². The first-order valence-corrected chi connectivity index (χ1v) is 13.3. The molecule has 0 fully saturated rings. The van der Waals surface area contributed by atoms with Gasteiger partial charge in [-0.2, -0.15) is 17.5 Å². The number of carbonyl (C=O) groups excluding carboxylic acids is 1. The van der Waals surface area contributed by atoms with E-state index in [2.05, 4.69) is 30.4 Å². The molecule has 0 bridgehead atoms. The summed E-state index contributed by atoms with van der Waals surface area (Å²) < 4.78 is 65.5. The molecule has 5 rings (SSSR count). The summed E-state index contributed by atoms with van der Waals surface area (Å²) in [6.45, 7) is 2.95. The number of amides is 1. The Bertz CT molecular complexity index is 1610. The summed E-state index contributed by atoms with van der Waals surface area (Å²) in [6, 6.07) is 0. The van der Waals surface area contributed by atoms with Crippen molar-refractivity contribution in [2.24, 2.45) is 0 Å². The van der Waals surface area contributed by atoms with E-state index in [1.54, 1.807) is 23.0 Å². The highest BCUT2D eigenvalue weighted by Crippen LogP contribution is 2.30. The van der Waals surface area contributed by atoms with E-state index in [1.165, 1.54) is 16.0 Å². The quantitative estimate of drug-likeness (QED) is 0.381. The molecular weight excluding hydrogens is 535 g/mol. The number of hydrogen-bond donors (Lipinski definition) is 1. The number of fused-ring (bicyclic) bond motifs is 2. The van der Waals surface area contributed by atoms with Crippen molar-refractivity contribution in [3.63, 3.8) is 0 Å². The van der Waals surface area contributed by atoms with Crippen LogP contribution in [0, 0.1) is 6.92 Å². The fraction of sp³-hybridized carbons (Fsp3) is 0.400. The number of nitrogens with one attached hydrogen (secondary N) is 1. The number of halogens is 3. The number of thiazole rings is 1. The van der Waals surface area contributed by atoms with E-state index >= 15 is 0 Å². The molecule has 1 N–H and O–H groups in total. The fourth-order valence-electron chi connectivity index (χ4n) is 3.86. The average Bonchev–Trinajstić information content (AvgIpc) is 3.57. The van der Waals surface area contributed by atoms with Crippen molar-refractivity contribution in [1.29, 1.82) is 0 Å². The van der Waals surface area contributed by atoms with E-state index in [0.717, 1.165) is 5.56 Å². The van der Waals surface area contributed by atoms with Gasteiger partial charge in [-0.3, -0.25) is 9.20 Å². The molecule has 12 nitrogen and oxygen atoms in total. The third-order valence-corrected chi connectivity index (χ3v) is 8.23. The second kappa shape index (κ2) is 9.14. The Morgan fingerprint density at radius 1 is 1.19 bits per heavy atom. The summed E-state index contributed by atoms with van der Waals surface area (Å²) in [5.74, 6) is 0.362. The van der Waals surface area contributed by atoms with Crippen molar-refractivity contribution in [1.82, 2.24) is 43.7 Å². The molecule has 0 aliphatic carbocycles. The third kappa shape index (κ3) is 4.57. The van der Waals surface area contributed by atoms with Crippen molar-refractivity contribution in [2.45, 2.75) is 45.4 Å². The van der Waals surface area contributed by atoms with Crippen LogP contribution in [-0.4, -0.2) is 64.8 Å². The van der Waals surface area contributed by atoms with Gasteiger partial charge in [0, 0.05) is 30.0 Å². The van der Waals surface area contributed by atoms with Gasteiger partial charge in [0.25, 0.3) is 5.91 Å². The zero-order valence-corrected chi connectivity index (χ0v) is 21.2. The van der Waals surface area contributed by atoms with E-state index in [4.69, 9.17) is 0 Å². The first kappa shape index (κ1) is 25.2. The molecule has 0 radical (unpaired) electrons. The van der Waals surface area contributed by atoms with Crippen molar-refractivity contribution in [3.8, 4) is 10.8 Å². The summed E-state index contributed by atoms with van der Waals surface area (Å²) in [5, 5.41) is 7.50. The summed E-state index contributed by atoms with van der Waals surface area (Å²) in [5.41, 5.74) is -3.48. The normalized spacial score (nSPS) is 14.7. The van der Waals surface area contributed by atoms with Crippen LogP contribution in [0.1, 0.15) is 39.4 Å². The van der Waals surface area contributed by atoms with E-state index < -0.39 is 22.1 Å². The maximum atomic E-state index is 13.0. The predicted octanol–water partition coefficient (Wildman–Crippen LogP) is 1.91. The Morgan fingerprint density at radius 2 is 1.97 bits per heavy atom. The highest BCUT2D eigenvalue weighted by atomic mass is 32.2. The number of rotatable bonds is 6. The minimum absolute atomic E-state index is 0.0701. The molecule has 0 atom stereocenters. The minimum Gasteiger partial charge on any atom is -0.346 e. The summed E-state index contributed by atoms with van der Waals surface area (Å²) in [6.07, 6.45) is 5.56. The maximum absolute atomic E-state index is 13.0. The van der Waals surface area contributed by atoms with Gasteiger partial charge in [0.1, 0.15) is 11.5 Å². The van der Waals surface area contributed by atoms with Gasteiger partial charge in [0.05, 0.1) is 25.3 Å². The lowest BCUT2D eigenvalue weighted by molar-refractivity contribution is -0.0496. The molecule has 0 saturated heterocycles. The molecule has 1 amide bonds. The highest BCUT2D eigenvalue weighted by Gasteiger charge is 2.50. The lowest BCUT2D eigenvalue weighted by Crippen LogP contribution is -2.44. The fourth-order valence-corrected chi connectivity index (χ4v) is 5.54. The topological polar surface area (TPSA) is 140 Å². The van der Waals surface area contributed by atoms with Crippen LogP contribution in [0.15, 0.2) is 18.6 Å². The number of carbonyl (C=O) groups is 1. The molecule has 0 unspecified atom stereocenters. The van der Waals surface area contributed by atoms with Crippen LogP contribution in [0.4, 0.5) is 13.2 Å². The van der Waals surface area contributed by atoms with E-state index in [1.807, 2.05) is 13.8 Å². The van der Waals surface area contributed by atoms with Crippen LogP contribution in [0.25, 0.3) is 16.6 Å². The zero-order valence-electron chi connectivity index (χ0n) is 19.5. The van der Waals surface area contributed by atoms with E-state index in [-0.39, 0.29) is 37.2 Å². The van der Waals surface area contributed by atoms with E-state index in [0.29, 0.717) is 37.8 Å². The number of aromatic nitrogens is 7. The minimum atomic E-state index is -5.46. The van der Waals surface area contributed by atoms with Crippen molar-refractivity contribution >= 4 is 33.0 Å². The largest absolute Gasteiger partial charge is 0.511 e. The molecule has 1 aliphatic heterocycles. The van der Waals surface area contributed by atoms with Gasteiger partial charge in [-0.1, -0.05) is 6.92 Å². The van der Waals surface area contributed by atoms with Gasteiger partial charge in [-0.15, -0.1) is 16.4 Å². The van der Waals surface area contributed by atoms with Crippen LogP contribution in [0.2, 0.25) is 0 Å². The summed E-state index contributed by atoms with van der Waals surface area (Å²) in [4.78, 5) is 30.8. The standard InChI is InChI=1S/C20H20F3N9O3S2/c1-3-13-15(31-9-11(2)6-26-19(31)27-13)17(33)24-7-12-8-25-18(36-12)16-28-14-10-30(4-5-32(14)29-16)37(34,35)20(21,22)23/h6,8-9H,3-5,7,10H2,1-2H3,(H,24,33). The number of alkyl halides is 3. The van der Waals surface area contributed by atoms with Gasteiger partial charge in [0.2, 0.25) is 11.6 Å². The lowest BCUT2D eigenvalue weighted by atomic mass is 10.2. The number of imidazole rings is 1. The van der Waals surface area contributed by atoms with Crippen molar-refractivity contribution in [2.75, 3.05) is 6.54 Å². The predicted molar refractivity (Wildman–Crippen MR) is 125 cm³/mol. The van der Waals surface area contributed by atoms with Crippen LogP contribution < -0.4 is 5.32 Å². The smallest absolute Gasteiger partial charge is 0.346 e. The van der Waals surface area contributed by atoms with Gasteiger partial charge in [0.15, 0.2) is 5.01 Å². The van der Waals surface area contributed by atoms with Gasteiger partial charge in [-0.25, -0.2) is 33.0 Å².